The van der Waals surface area contributed by atoms with Gasteiger partial charge in [-0.05, 0) is 143 Å². The van der Waals surface area contributed by atoms with E-state index in [1.54, 1.807) is 0 Å². The first kappa shape index (κ1) is 73.6. The quantitative estimate of drug-likeness (QED) is 0.121. The van der Waals surface area contributed by atoms with Crippen LogP contribution >= 0.6 is 15.9 Å². The molecule has 2 heterocycles. The second-order valence-corrected chi connectivity index (χ2v) is 30.3. The van der Waals surface area contributed by atoms with Crippen LogP contribution in [0.1, 0.15) is 44.5 Å². The van der Waals surface area contributed by atoms with Crippen LogP contribution in [0.2, 0.25) is 0 Å². The minimum atomic E-state index is -0.513. The van der Waals surface area contributed by atoms with Gasteiger partial charge in [-0.2, -0.15) is 0 Å². The van der Waals surface area contributed by atoms with E-state index in [-0.39, 0.29) is 5.48 Å². The van der Waals surface area contributed by atoms with Gasteiger partial charge in [0.15, 0.2) is 34.9 Å². The van der Waals surface area contributed by atoms with Crippen LogP contribution < -0.4 is 5.46 Å². The molecule has 0 bridgehead atoms. The Morgan fingerprint density at radius 1 is 0.212 bits per heavy atom. The fourth-order valence-electron chi connectivity index (χ4n) is 17.8. The van der Waals surface area contributed by atoms with Gasteiger partial charge in [0.25, 0.3) is 0 Å². The van der Waals surface area contributed by atoms with Crippen LogP contribution in [0, 0.1) is 0 Å². The molecule has 1 radical (unpaired) electrons. The first-order valence-electron chi connectivity index (χ1n) is 39.4. The molecule has 2 aliphatic rings. The second kappa shape index (κ2) is 31.7. The summed E-state index contributed by atoms with van der Waals surface area (Å²) < 4.78 is 0.986. The van der Waals surface area contributed by atoms with Gasteiger partial charge in [-0.3, -0.25) is 0 Å². The van der Waals surface area contributed by atoms with E-state index in [4.69, 9.17) is 29.9 Å². The van der Waals surface area contributed by atoms with Gasteiger partial charge in [0.05, 0.1) is 10.8 Å². The van der Waals surface area contributed by atoms with Crippen molar-refractivity contribution in [1.82, 2.24) is 29.9 Å². The minimum absolute atomic E-state index is 0. The van der Waals surface area contributed by atoms with Crippen LogP contribution in [-0.4, -0.2) is 47.9 Å². The van der Waals surface area contributed by atoms with Crippen molar-refractivity contribution >= 4 is 72.0 Å². The number of rotatable bonds is 12. The van der Waals surface area contributed by atoms with Crippen molar-refractivity contribution in [2.75, 3.05) is 0 Å². The summed E-state index contributed by atoms with van der Waals surface area (Å²) in [5, 5.41) is 19.2. The molecule has 2 atom stereocenters. The number of hydrogen-bond acceptors (Lipinski definition) is 7. The smallest absolute Gasteiger partial charge is 0.326 e. The Kier molecular flexibility index (Phi) is 19.8. The van der Waals surface area contributed by atoms with Gasteiger partial charge >= 0.3 is 7.48 Å². The van der Waals surface area contributed by atoms with Crippen LogP contribution in [0.5, 0.6) is 0 Å². The molecule has 2 unspecified atom stereocenters. The predicted octanol–water partition coefficient (Wildman–Crippen LogP) is 24.6. The first-order valence-corrected chi connectivity index (χ1v) is 40.2. The summed E-state index contributed by atoms with van der Waals surface area (Å²) in [7, 11) is 1.16. The van der Waals surface area contributed by atoms with E-state index in [1.165, 1.54) is 93.7 Å². The molecule has 118 heavy (non-hydrogen) atoms. The normalized spacial score (nSPS) is 14.0. The minimum Gasteiger partial charge on any atom is -0.450 e. The average molecular weight is 1580 g/mol. The first-order chi connectivity index (χ1) is 57.9. The SMILES string of the molecule is Brc1c(-c2nc(-c3ccccc3)nc(-c3ccccc3)n2)ccc2ccccc12.O.O[B]c1ccc(C2(c3ccccc3)c3ccccc3-c3c2ccc2ccccc32)cc1.c1ccc(-c2nc(-c3ccccc3)nc(-c3ccc4ccccc4c3-c3ccc(C4(c5ccccc5)c5ccccc5-c5c4ccc4ccccc54)cc3)n2)cc1. The molecule has 0 saturated carbocycles. The third-order valence-corrected chi connectivity index (χ3v) is 23.9. The predicted molar refractivity (Wildman–Crippen MR) is 488 cm³/mol. The molecule has 20 aromatic rings. The summed E-state index contributed by atoms with van der Waals surface area (Å²) in [6.45, 7) is 0. The topological polar surface area (TPSA) is 129 Å². The zero-order valence-corrected chi connectivity index (χ0v) is 65.6. The Bertz CT molecular complexity index is 7000. The van der Waals surface area contributed by atoms with Gasteiger partial charge in [-0.15, -0.1) is 0 Å². The molecule has 0 amide bonds. The molecule has 0 saturated heterocycles. The Labute approximate surface area is 693 Å². The Morgan fingerprint density at radius 2 is 0.500 bits per heavy atom. The van der Waals surface area contributed by atoms with E-state index in [1.807, 2.05) is 121 Å². The number of nitrogens with zero attached hydrogens (tertiary/aromatic N) is 6. The number of benzene rings is 18. The number of hydrogen-bond donors (Lipinski definition) is 1. The number of halogens is 1. The summed E-state index contributed by atoms with van der Waals surface area (Å²) in [6, 6.07) is 149. The molecule has 22 rings (SSSR count). The van der Waals surface area contributed by atoms with E-state index in [0.29, 0.717) is 34.9 Å². The zero-order chi connectivity index (χ0) is 78.2. The van der Waals surface area contributed by atoms with Crippen molar-refractivity contribution < 1.29 is 10.5 Å². The fraction of sp³-hybridized carbons (Fsp3) is 0.0185. The number of fused-ring (bicyclic) bond motifs is 12. The summed E-state index contributed by atoms with van der Waals surface area (Å²) in [6.07, 6.45) is 0. The van der Waals surface area contributed by atoms with Crippen molar-refractivity contribution in [2.45, 2.75) is 10.8 Å². The Balaban J connectivity index is 0.000000128. The van der Waals surface area contributed by atoms with E-state index in [0.717, 1.165) is 78.1 Å². The highest BCUT2D eigenvalue weighted by Gasteiger charge is 2.48. The molecule has 0 fully saturated rings. The molecule has 2 aromatic heterocycles. The molecule has 8 nitrogen and oxygen atoms in total. The largest absolute Gasteiger partial charge is 0.450 e. The van der Waals surface area contributed by atoms with Gasteiger partial charge in [0, 0.05) is 43.4 Å². The molecule has 3 N–H and O–H groups in total. The lowest BCUT2D eigenvalue weighted by molar-refractivity contribution is 0.615. The van der Waals surface area contributed by atoms with E-state index >= 15 is 0 Å². The van der Waals surface area contributed by atoms with E-state index in [2.05, 4.69) is 319 Å². The summed E-state index contributed by atoms with van der Waals surface area (Å²) in [5.74, 6) is 3.90. The van der Waals surface area contributed by atoms with Crippen molar-refractivity contribution in [1.29, 1.82) is 0 Å². The number of aromatic nitrogens is 6. The highest BCUT2D eigenvalue weighted by Crippen LogP contribution is 2.60. The van der Waals surface area contributed by atoms with Crippen molar-refractivity contribution in [2.24, 2.45) is 0 Å². The van der Waals surface area contributed by atoms with Crippen molar-refractivity contribution in [3.8, 4) is 102 Å². The molecule has 0 aliphatic heterocycles. The van der Waals surface area contributed by atoms with Crippen LogP contribution in [0.15, 0.2) is 429 Å². The Morgan fingerprint density at radius 3 is 0.898 bits per heavy atom. The monoisotopic (exact) mass is 1580 g/mol. The molecular weight excluding hydrogens is 1500 g/mol. The highest BCUT2D eigenvalue weighted by atomic mass is 79.9. The maximum absolute atomic E-state index is 9.48. The van der Waals surface area contributed by atoms with Crippen LogP contribution in [0.25, 0.3) is 145 Å². The molecule has 10 heteroatoms. The lowest BCUT2D eigenvalue weighted by Gasteiger charge is -2.34. The highest BCUT2D eigenvalue weighted by molar-refractivity contribution is 9.10. The summed E-state index contributed by atoms with van der Waals surface area (Å²) >= 11 is 3.78. The van der Waals surface area contributed by atoms with Gasteiger partial charge in [0.2, 0.25) is 0 Å². The van der Waals surface area contributed by atoms with Crippen LogP contribution in [-0.2, 0) is 10.8 Å². The third kappa shape index (κ3) is 12.9. The Hall–Kier alpha value is -14.5. The van der Waals surface area contributed by atoms with Gasteiger partial charge in [-0.25, -0.2) is 29.9 Å². The second-order valence-electron chi connectivity index (χ2n) is 29.5. The average Bonchev–Trinajstić information content (AvgIpc) is 1.54. The van der Waals surface area contributed by atoms with E-state index < -0.39 is 10.8 Å². The molecule has 2 aliphatic carbocycles. The zero-order valence-electron chi connectivity index (χ0n) is 64.0. The maximum atomic E-state index is 9.48. The van der Waals surface area contributed by atoms with E-state index in [9.17, 15) is 5.02 Å². The van der Waals surface area contributed by atoms with Gasteiger partial charge in [0.1, 0.15) is 0 Å². The van der Waals surface area contributed by atoms with Crippen molar-refractivity contribution in [3.63, 3.8) is 0 Å². The van der Waals surface area contributed by atoms with Gasteiger partial charge in [-0.1, -0.05) is 418 Å². The van der Waals surface area contributed by atoms with Crippen LogP contribution in [0.3, 0.4) is 0 Å². The van der Waals surface area contributed by atoms with Crippen LogP contribution in [0.4, 0.5) is 0 Å². The van der Waals surface area contributed by atoms with Gasteiger partial charge < -0.3 is 10.5 Å². The standard InChI is InChI=1S/C54H35N3.C29H20BO.C25H16BrN3.H2O/c1-4-18-39(19-5-1)51-55-52(40-20-6-2-7-21-40)57-53(56-51)46-34-30-36-16-10-12-24-43(36)49(46)38-28-32-42(33-29-38)54(41-22-8-3-9-23-41)47-27-15-14-26-45(47)50-44-25-13-11-17-37(44)31-35-48(50)54;31-30-23-17-15-22(16-18-23)29(21-9-2-1-3-10-21)26-13-7-6-12-25(26)28-24-11-5-4-8-20(24)14-19-27(28)29;26-22-20-14-8-7-9-17(20)15-16-21(22)25-28-23(18-10-3-1-4-11-18)27-24(29-25)19-12-5-2-6-13-19;/h1-35H;1-19,31H;1-16H;1H2. The molecule has 557 valence electrons. The maximum Gasteiger partial charge on any atom is 0.326 e. The lowest BCUT2D eigenvalue weighted by atomic mass is 9.67. The molecular formula is C108H73BBrN6O2. The molecule has 0 spiro atoms. The summed E-state index contributed by atoms with van der Waals surface area (Å²) in [5.41, 5.74) is 23.1. The molecule has 18 aromatic carbocycles. The van der Waals surface area contributed by atoms with Crippen molar-refractivity contribution in [3.05, 3.63) is 474 Å². The third-order valence-electron chi connectivity index (χ3n) is 23.1. The summed E-state index contributed by atoms with van der Waals surface area (Å²) in [4.78, 5) is 29.7. The fourth-order valence-corrected chi connectivity index (χ4v) is 18.5. The lowest BCUT2D eigenvalue weighted by Crippen LogP contribution is -2.29.